The number of nitrogens with zero attached hydrogens (tertiary/aromatic N) is 2. The molecular weight excluding hydrogens is 505 g/mol. The zero-order valence-corrected chi connectivity index (χ0v) is 20.4. The van der Waals surface area contributed by atoms with Gasteiger partial charge in [0, 0.05) is 42.9 Å². The summed E-state index contributed by atoms with van der Waals surface area (Å²) in [4.78, 5) is 12.1. The van der Waals surface area contributed by atoms with Gasteiger partial charge in [-0.1, -0.05) is 51.3 Å². The quantitative estimate of drug-likeness (QED) is 0.281. The second kappa shape index (κ2) is 10.5. The molecule has 0 spiro atoms. The van der Waals surface area contributed by atoms with E-state index < -0.39 is 0 Å². The molecule has 1 aromatic heterocycles. The molecule has 0 atom stereocenters. The average Bonchev–Trinajstić information content (AvgIpc) is 2.94. The molecule has 30 heavy (non-hydrogen) atoms. The van der Waals surface area contributed by atoms with Crippen LogP contribution in [-0.2, 0) is 10.5 Å². The van der Waals surface area contributed by atoms with Gasteiger partial charge in [-0.05, 0) is 55.8 Å². The molecule has 0 saturated heterocycles. The van der Waals surface area contributed by atoms with Crippen LogP contribution in [-0.4, -0.2) is 22.4 Å². The van der Waals surface area contributed by atoms with Crippen molar-refractivity contribution in [3.63, 3.8) is 0 Å². The fraction of sp³-hybridized carbons (Fsp3) is 0.182. The van der Waals surface area contributed by atoms with Crippen LogP contribution >= 0.6 is 50.9 Å². The van der Waals surface area contributed by atoms with Crippen LogP contribution in [0.1, 0.15) is 22.5 Å². The maximum Gasteiger partial charge on any atom is 0.250 e. The maximum atomic E-state index is 12.1. The van der Waals surface area contributed by atoms with Crippen molar-refractivity contribution >= 4 is 63.0 Å². The van der Waals surface area contributed by atoms with Gasteiger partial charge in [-0.15, -0.1) is 11.8 Å². The molecule has 0 aliphatic carbocycles. The Bertz CT molecular complexity index is 1080. The molecule has 156 valence electrons. The second-order valence-corrected chi connectivity index (χ2v) is 9.48. The average molecular weight is 525 g/mol. The monoisotopic (exact) mass is 523 g/mol. The van der Waals surface area contributed by atoms with Crippen molar-refractivity contribution in [1.29, 1.82) is 0 Å². The molecule has 3 aromatic rings. The SMILES string of the molecule is Cc1cc(/C=N\NC(=O)CSCc2cccc(Br)c2)c(C)n1-c1cc(Cl)cc(Cl)c1. The van der Waals surface area contributed by atoms with Gasteiger partial charge in [0.25, 0.3) is 0 Å². The van der Waals surface area contributed by atoms with Crippen molar-refractivity contribution in [3.8, 4) is 5.69 Å². The van der Waals surface area contributed by atoms with Gasteiger partial charge in [0.15, 0.2) is 0 Å². The number of rotatable bonds is 7. The van der Waals surface area contributed by atoms with Crippen LogP contribution in [0.5, 0.6) is 0 Å². The minimum absolute atomic E-state index is 0.137. The van der Waals surface area contributed by atoms with Crippen LogP contribution < -0.4 is 5.43 Å². The lowest BCUT2D eigenvalue weighted by Crippen LogP contribution is -2.19. The number of benzene rings is 2. The third kappa shape index (κ3) is 6.14. The first-order valence-corrected chi connectivity index (χ1v) is 11.8. The highest BCUT2D eigenvalue weighted by atomic mass is 79.9. The highest BCUT2D eigenvalue weighted by molar-refractivity contribution is 9.10. The Labute approximate surface area is 198 Å². The molecule has 0 aliphatic heterocycles. The third-order valence-electron chi connectivity index (χ3n) is 4.36. The van der Waals surface area contributed by atoms with Crippen LogP contribution in [0.4, 0.5) is 0 Å². The zero-order chi connectivity index (χ0) is 21.7. The van der Waals surface area contributed by atoms with Gasteiger partial charge in [0.1, 0.15) is 0 Å². The van der Waals surface area contributed by atoms with Gasteiger partial charge in [-0.25, -0.2) is 5.43 Å². The van der Waals surface area contributed by atoms with Crippen LogP contribution in [0, 0.1) is 13.8 Å². The van der Waals surface area contributed by atoms with Gasteiger partial charge in [-0.3, -0.25) is 4.79 Å². The lowest BCUT2D eigenvalue weighted by atomic mass is 10.2. The predicted molar refractivity (Wildman–Crippen MR) is 131 cm³/mol. The molecule has 3 rings (SSSR count). The van der Waals surface area contributed by atoms with Crippen molar-refractivity contribution in [2.45, 2.75) is 19.6 Å². The minimum atomic E-state index is -0.137. The molecule has 0 aliphatic rings. The van der Waals surface area contributed by atoms with Crippen LogP contribution in [0.2, 0.25) is 10.0 Å². The summed E-state index contributed by atoms with van der Waals surface area (Å²) in [5.41, 5.74) is 7.55. The van der Waals surface area contributed by atoms with E-state index in [1.54, 1.807) is 24.0 Å². The molecule has 0 unspecified atom stereocenters. The number of aromatic nitrogens is 1. The van der Waals surface area contributed by atoms with Crippen molar-refractivity contribution in [2.75, 3.05) is 5.75 Å². The molecule has 0 bridgehead atoms. The predicted octanol–water partition coefficient (Wildman–Crippen LogP) is 6.55. The van der Waals surface area contributed by atoms with E-state index in [2.05, 4.69) is 31.0 Å². The van der Waals surface area contributed by atoms with Crippen molar-refractivity contribution < 1.29 is 4.79 Å². The highest BCUT2D eigenvalue weighted by Crippen LogP contribution is 2.26. The van der Waals surface area contributed by atoms with E-state index in [1.165, 1.54) is 5.56 Å². The zero-order valence-electron chi connectivity index (χ0n) is 16.5. The number of hydrogen-bond acceptors (Lipinski definition) is 3. The van der Waals surface area contributed by atoms with E-state index in [-0.39, 0.29) is 5.91 Å². The smallest absolute Gasteiger partial charge is 0.250 e. The summed E-state index contributed by atoms with van der Waals surface area (Å²) in [6.07, 6.45) is 1.65. The first-order chi connectivity index (χ1) is 14.3. The summed E-state index contributed by atoms with van der Waals surface area (Å²) >= 11 is 17.3. The minimum Gasteiger partial charge on any atom is -0.318 e. The molecule has 1 amide bonds. The normalized spacial score (nSPS) is 11.2. The third-order valence-corrected chi connectivity index (χ3v) is 6.29. The molecule has 4 nitrogen and oxygen atoms in total. The van der Waals surface area contributed by atoms with Gasteiger partial charge >= 0.3 is 0 Å². The fourth-order valence-electron chi connectivity index (χ4n) is 3.08. The fourth-order valence-corrected chi connectivity index (χ4v) is 4.81. The summed E-state index contributed by atoms with van der Waals surface area (Å²) in [6.45, 7) is 3.98. The first kappa shape index (κ1) is 22.9. The molecule has 0 fully saturated rings. The van der Waals surface area contributed by atoms with E-state index in [1.807, 2.05) is 56.3 Å². The Kier molecular flexibility index (Phi) is 8.06. The summed E-state index contributed by atoms with van der Waals surface area (Å²) in [7, 11) is 0. The Morgan fingerprint density at radius 2 is 1.90 bits per heavy atom. The second-order valence-electron chi connectivity index (χ2n) is 6.71. The van der Waals surface area contributed by atoms with Crippen molar-refractivity contribution in [2.24, 2.45) is 5.10 Å². The van der Waals surface area contributed by atoms with E-state index >= 15 is 0 Å². The van der Waals surface area contributed by atoms with Crippen LogP contribution in [0.15, 0.2) is 58.1 Å². The van der Waals surface area contributed by atoms with Gasteiger partial charge in [-0.2, -0.15) is 5.10 Å². The molecule has 1 N–H and O–H groups in total. The summed E-state index contributed by atoms with van der Waals surface area (Å²) < 4.78 is 3.08. The first-order valence-electron chi connectivity index (χ1n) is 9.13. The molecular formula is C22H20BrCl2N3OS. The van der Waals surface area contributed by atoms with E-state index in [0.29, 0.717) is 15.8 Å². The number of amides is 1. The lowest BCUT2D eigenvalue weighted by molar-refractivity contribution is -0.118. The Morgan fingerprint density at radius 1 is 1.17 bits per heavy atom. The summed E-state index contributed by atoms with van der Waals surface area (Å²) in [5.74, 6) is 0.964. The van der Waals surface area contributed by atoms with Crippen molar-refractivity contribution in [3.05, 3.63) is 85.6 Å². The number of carbonyl (C=O) groups excluding carboxylic acids is 1. The standard InChI is InChI=1S/C22H20BrCl2N3OS/c1-14-6-17(15(2)28(14)21-9-19(24)8-20(25)10-21)11-26-27-22(29)13-30-12-16-4-3-5-18(23)7-16/h3-11H,12-13H2,1-2H3,(H,27,29)/b26-11-. The Morgan fingerprint density at radius 3 is 2.60 bits per heavy atom. The van der Waals surface area contributed by atoms with Gasteiger partial charge in [0.2, 0.25) is 5.91 Å². The van der Waals surface area contributed by atoms with Crippen LogP contribution in [0.25, 0.3) is 5.69 Å². The van der Waals surface area contributed by atoms with E-state index in [0.717, 1.165) is 32.9 Å². The number of halogens is 3. The number of hydrazone groups is 1. The number of aryl methyl sites for hydroxylation is 1. The van der Waals surface area contributed by atoms with E-state index in [9.17, 15) is 4.79 Å². The van der Waals surface area contributed by atoms with Gasteiger partial charge < -0.3 is 4.57 Å². The maximum absolute atomic E-state index is 12.1. The molecule has 2 aromatic carbocycles. The number of thioether (sulfide) groups is 1. The topological polar surface area (TPSA) is 46.4 Å². The molecule has 0 saturated carbocycles. The largest absolute Gasteiger partial charge is 0.318 e. The van der Waals surface area contributed by atoms with Crippen LogP contribution in [0.3, 0.4) is 0 Å². The van der Waals surface area contributed by atoms with Crippen molar-refractivity contribution in [1.82, 2.24) is 9.99 Å². The highest BCUT2D eigenvalue weighted by Gasteiger charge is 2.11. The van der Waals surface area contributed by atoms with E-state index in [4.69, 9.17) is 23.2 Å². The molecule has 1 heterocycles. The molecule has 0 radical (unpaired) electrons. The summed E-state index contributed by atoms with van der Waals surface area (Å²) in [6, 6.07) is 15.5. The molecule has 8 heteroatoms. The number of hydrogen-bond donors (Lipinski definition) is 1. The van der Waals surface area contributed by atoms with Gasteiger partial charge in [0.05, 0.1) is 12.0 Å². The number of nitrogens with one attached hydrogen (secondary N) is 1. The Balaban J connectivity index is 1.59. The Hall–Kier alpha value is -1.73. The summed E-state index contributed by atoms with van der Waals surface area (Å²) in [5, 5.41) is 5.27. The lowest BCUT2D eigenvalue weighted by Gasteiger charge is -2.10. The number of carbonyl (C=O) groups is 1.